The standard InChI is InChI=1S/C13H21N3O2/c17-12-5-8-16(13(18)9-14-12)11-4-7-15-6-2-1-3-10(11)15/h10-11H,1-9H2,(H,14,17). The Bertz CT molecular complexity index is 358. The predicted molar refractivity (Wildman–Crippen MR) is 67.0 cm³/mol. The van der Waals surface area contributed by atoms with Gasteiger partial charge in [-0.2, -0.15) is 0 Å². The van der Waals surface area contributed by atoms with Gasteiger partial charge in [0, 0.05) is 31.6 Å². The molecule has 0 aliphatic carbocycles. The van der Waals surface area contributed by atoms with E-state index in [9.17, 15) is 9.59 Å². The molecule has 18 heavy (non-hydrogen) atoms. The molecule has 3 heterocycles. The summed E-state index contributed by atoms with van der Waals surface area (Å²) in [5.74, 6) is 0.0996. The molecule has 3 aliphatic heterocycles. The molecule has 0 aromatic carbocycles. The van der Waals surface area contributed by atoms with Crippen molar-refractivity contribution in [1.29, 1.82) is 0 Å². The molecule has 0 radical (unpaired) electrons. The zero-order valence-electron chi connectivity index (χ0n) is 10.7. The van der Waals surface area contributed by atoms with E-state index in [2.05, 4.69) is 10.2 Å². The quantitative estimate of drug-likeness (QED) is 0.711. The highest BCUT2D eigenvalue weighted by Crippen LogP contribution is 2.30. The van der Waals surface area contributed by atoms with Gasteiger partial charge in [0.05, 0.1) is 6.54 Å². The molecule has 3 aliphatic rings. The van der Waals surface area contributed by atoms with Crippen molar-refractivity contribution < 1.29 is 9.59 Å². The van der Waals surface area contributed by atoms with Crippen LogP contribution in [0.25, 0.3) is 0 Å². The van der Waals surface area contributed by atoms with Gasteiger partial charge in [-0.05, 0) is 25.8 Å². The Morgan fingerprint density at radius 1 is 1.00 bits per heavy atom. The molecule has 2 amide bonds. The van der Waals surface area contributed by atoms with Crippen LogP contribution in [-0.4, -0.2) is 59.9 Å². The fourth-order valence-electron chi connectivity index (χ4n) is 3.65. The minimum Gasteiger partial charge on any atom is -0.347 e. The highest BCUT2D eigenvalue weighted by Gasteiger charge is 2.40. The first kappa shape index (κ1) is 12.0. The van der Waals surface area contributed by atoms with E-state index in [1.807, 2.05) is 4.90 Å². The van der Waals surface area contributed by atoms with Gasteiger partial charge >= 0.3 is 0 Å². The van der Waals surface area contributed by atoms with Crippen LogP contribution in [0.2, 0.25) is 0 Å². The van der Waals surface area contributed by atoms with E-state index in [1.54, 1.807) is 0 Å². The third-order valence-corrected chi connectivity index (χ3v) is 4.56. The van der Waals surface area contributed by atoms with Gasteiger partial charge in [-0.1, -0.05) is 6.42 Å². The zero-order valence-corrected chi connectivity index (χ0v) is 10.7. The second-order valence-corrected chi connectivity index (χ2v) is 5.57. The normalized spacial score (nSPS) is 34.1. The Balaban J connectivity index is 1.73. The number of carbonyl (C=O) groups excluding carboxylic acids is 2. The van der Waals surface area contributed by atoms with E-state index in [-0.39, 0.29) is 18.4 Å². The van der Waals surface area contributed by atoms with Crippen molar-refractivity contribution >= 4 is 11.8 Å². The Hall–Kier alpha value is -1.10. The molecule has 5 heteroatoms. The van der Waals surface area contributed by atoms with E-state index >= 15 is 0 Å². The van der Waals surface area contributed by atoms with E-state index in [0.29, 0.717) is 25.0 Å². The Kier molecular flexibility index (Phi) is 3.24. The maximum Gasteiger partial charge on any atom is 0.242 e. The van der Waals surface area contributed by atoms with Crippen molar-refractivity contribution in [3.63, 3.8) is 0 Å². The summed E-state index contributed by atoms with van der Waals surface area (Å²) >= 11 is 0. The smallest absolute Gasteiger partial charge is 0.242 e. The molecule has 100 valence electrons. The molecule has 3 saturated heterocycles. The summed E-state index contributed by atoms with van der Waals surface area (Å²) in [6, 6.07) is 0.876. The number of hydrogen-bond donors (Lipinski definition) is 1. The second kappa shape index (κ2) is 4.88. The Morgan fingerprint density at radius 3 is 2.78 bits per heavy atom. The number of nitrogens with zero attached hydrogens (tertiary/aromatic N) is 2. The zero-order chi connectivity index (χ0) is 12.5. The van der Waals surface area contributed by atoms with Crippen LogP contribution in [0.5, 0.6) is 0 Å². The monoisotopic (exact) mass is 251 g/mol. The summed E-state index contributed by atoms with van der Waals surface area (Å²) < 4.78 is 0. The lowest BCUT2D eigenvalue weighted by atomic mass is 9.97. The average Bonchev–Trinajstić information content (AvgIpc) is 2.73. The number of rotatable bonds is 1. The van der Waals surface area contributed by atoms with Crippen LogP contribution in [0.4, 0.5) is 0 Å². The highest BCUT2D eigenvalue weighted by atomic mass is 16.2. The van der Waals surface area contributed by atoms with Gasteiger partial charge in [0.2, 0.25) is 11.8 Å². The summed E-state index contributed by atoms with van der Waals surface area (Å²) in [6.45, 7) is 3.07. The van der Waals surface area contributed by atoms with Crippen LogP contribution in [0, 0.1) is 0 Å². The molecule has 0 aromatic heterocycles. The molecule has 0 saturated carbocycles. The molecule has 0 spiro atoms. The van der Waals surface area contributed by atoms with Gasteiger partial charge in [-0.25, -0.2) is 0 Å². The molecule has 3 rings (SSSR count). The molecule has 2 atom stereocenters. The summed E-state index contributed by atoms with van der Waals surface area (Å²) in [5.41, 5.74) is 0. The fourth-order valence-corrected chi connectivity index (χ4v) is 3.65. The minimum absolute atomic E-state index is 0.00403. The van der Waals surface area contributed by atoms with Crippen molar-refractivity contribution in [2.24, 2.45) is 0 Å². The maximum atomic E-state index is 12.1. The van der Waals surface area contributed by atoms with Crippen LogP contribution in [0.1, 0.15) is 32.1 Å². The van der Waals surface area contributed by atoms with Gasteiger partial charge < -0.3 is 10.2 Å². The number of fused-ring (bicyclic) bond motifs is 1. The molecule has 0 aromatic rings. The number of hydrogen-bond acceptors (Lipinski definition) is 3. The summed E-state index contributed by atoms with van der Waals surface area (Å²) in [7, 11) is 0. The lowest BCUT2D eigenvalue weighted by Gasteiger charge is -2.37. The van der Waals surface area contributed by atoms with Crippen molar-refractivity contribution in [3.05, 3.63) is 0 Å². The SMILES string of the molecule is O=C1CCN(C2CCN3CCCCC23)C(=O)CN1. The van der Waals surface area contributed by atoms with Gasteiger partial charge in [0.1, 0.15) is 0 Å². The first-order valence-electron chi connectivity index (χ1n) is 7.06. The molecule has 2 unspecified atom stereocenters. The number of amides is 2. The molecular formula is C13H21N3O2. The van der Waals surface area contributed by atoms with E-state index in [0.717, 1.165) is 13.0 Å². The molecule has 0 bridgehead atoms. The van der Waals surface area contributed by atoms with Crippen molar-refractivity contribution in [2.75, 3.05) is 26.2 Å². The molecule has 3 fully saturated rings. The Morgan fingerprint density at radius 2 is 1.89 bits per heavy atom. The van der Waals surface area contributed by atoms with E-state index in [1.165, 1.54) is 25.8 Å². The first-order chi connectivity index (χ1) is 8.75. The number of nitrogens with one attached hydrogen (secondary N) is 1. The molecular weight excluding hydrogens is 230 g/mol. The van der Waals surface area contributed by atoms with Crippen LogP contribution in [0.3, 0.4) is 0 Å². The number of piperidine rings is 1. The van der Waals surface area contributed by atoms with Crippen LogP contribution < -0.4 is 5.32 Å². The van der Waals surface area contributed by atoms with Crippen molar-refractivity contribution in [2.45, 2.75) is 44.2 Å². The topological polar surface area (TPSA) is 52.7 Å². The van der Waals surface area contributed by atoms with Gasteiger partial charge in [-0.3, -0.25) is 14.5 Å². The van der Waals surface area contributed by atoms with Crippen molar-refractivity contribution in [3.8, 4) is 0 Å². The van der Waals surface area contributed by atoms with Gasteiger partial charge in [0.15, 0.2) is 0 Å². The van der Waals surface area contributed by atoms with Crippen LogP contribution in [-0.2, 0) is 9.59 Å². The minimum atomic E-state index is 0.00403. The summed E-state index contributed by atoms with van der Waals surface area (Å²) in [6.07, 6.45) is 5.30. The second-order valence-electron chi connectivity index (χ2n) is 5.57. The lowest BCUT2D eigenvalue weighted by Crippen LogP contribution is -2.50. The molecule has 5 nitrogen and oxygen atoms in total. The van der Waals surface area contributed by atoms with Crippen molar-refractivity contribution in [1.82, 2.24) is 15.1 Å². The van der Waals surface area contributed by atoms with Crippen LogP contribution in [0.15, 0.2) is 0 Å². The molecule has 1 N–H and O–H groups in total. The third-order valence-electron chi connectivity index (χ3n) is 4.56. The van der Waals surface area contributed by atoms with Gasteiger partial charge in [0.25, 0.3) is 0 Å². The summed E-state index contributed by atoms with van der Waals surface area (Å²) in [4.78, 5) is 28.0. The van der Waals surface area contributed by atoms with Gasteiger partial charge in [-0.15, -0.1) is 0 Å². The Labute approximate surface area is 107 Å². The first-order valence-corrected chi connectivity index (χ1v) is 7.06. The fraction of sp³-hybridized carbons (Fsp3) is 0.846. The maximum absolute atomic E-state index is 12.1. The third kappa shape index (κ3) is 2.11. The van der Waals surface area contributed by atoms with E-state index < -0.39 is 0 Å². The number of carbonyl (C=O) groups is 2. The average molecular weight is 251 g/mol. The summed E-state index contributed by atoms with van der Waals surface area (Å²) in [5, 5.41) is 2.68. The lowest BCUT2D eigenvalue weighted by molar-refractivity contribution is -0.132. The predicted octanol–water partition coefficient (Wildman–Crippen LogP) is -0.0383. The largest absolute Gasteiger partial charge is 0.347 e. The van der Waals surface area contributed by atoms with Crippen LogP contribution >= 0.6 is 0 Å². The highest BCUT2D eigenvalue weighted by molar-refractivity contribution is 5.87. The van der Waals surface area contributed by atoms with E-state index in [4.69, 9.17) is 0 Å².